The number of piperazine rings is 1. The van der Waals surface area contributed by atoms with E-state index in [9.17, 15) is 27.6 Å². The van der Waals surface area contributed by atoms with Gasteiger partial charge >= 0.3 is 17.3 Å². The van der Waals surface area contributed by atoms with Gasteiger partial charge in [-0.05, 0) is 49.9 Å². The highest BCUT2D eigenvalue weighted by Gasteiger charge is 2.30. The molecule has 6 nitrogen and oxygen atoms in total. The number of hydrogen-bond donors (Lipinski definition) is 1. The molecule has 1 fully saturated rings. The Morgan fingerprint density at radius 3 is 2.00 bits per heavy atom. The molecule has 1 aromatic rings. The second-order valence-corrected chi connectivity index (χ2v) is 7.42. The summed E-state index contributed by atoms with van der Waals surface area (Å²) in [6, 6.07) is 5.06. The maximum absolute atomic E-state index is 12.5. The Balaban J connectivity index is 1.91. The van der Waals surface area contributed by atoms with Gasteiger partial charge in [-0.3, -0.25) is 14.4 Å². The summed E-state index contributed by atoms with van der Waals surface area (Å²) in [6.07, 6.45) is 0. The van der Waals surface area contributed by atoms with Crippen LogP contribution in [0.4, 0.5) is 13.2 Å². The molecular weight excluding hydrogens is 383 g/mol. The van der Waals surface area contributed by atoms with E-state index in [4.69, 9.17) is 0 Å². The first-order valence-corrected chi connectivity index (χ1v) is 9.13. The summed E-state index contributed by atoms with van der Waals surface area (Å²) in [7, 11) is 0. The summed E-state index contributed by atoms with van der Waals surface area (Å²) < 4.78 is 37.0. The average molecular weight is 403 g/mol. The van der Waals surface area contributed by atoms with Crippen LogP contribution in [0, 0.1) is 0 Å². The van der Waals surface area contributed by atoms with Crippen LogP contribution in [-0.4, -0.2) is 65.3 Å². The van der Waals surface area contributed by atoms with Crippen LogP contribution in [0.1, 0.15) is 24.2 Å². The minimum absolute atomic E-state index is 0.00521. The second kappa shape index (κ2) is 8.64. The summed E-state index contributed by atoms with van der Waals surface area (Å²) >= 11 is -0.240. The summed E-state index contributed by atoms with van der Waals surface area (Å²) in [5.74, 6) is -1.64. The average Bonchev–Trinajstić information content (AvgIpc) is 2.59. The zero-order valence-electron chi connectivity index (χ0n) is 14.9. The fourth-order valence-electron chi connectivity index (χ4n) is 2.56. The van der Waals surface area contributed by atoms with E-state index in [1.165, 1.54) is 34.1 Å². The van der Waals surface area contributed by atoms with Crippen LogP contribution in [-0.2, 0) is 9.59 Å². The lowest BCUT2D eigenvalue weighted by Gasteiger charge is -2.34. The molecule has 0 atom stereocenters. The Morgan fingerprint density at radius 2 is 1.52 bits per heavy atom. The highest BCUT2D eigenvalue weighted by molar-refractivity contribution is 8.00. The minimum Gasteiger partial charge on any atom is -0.346 e. The highest BCUT2D eigenvalue weighted by Crippen LogP contribution is 2.36. The first kappa shape index (κ1) is 21.1. The van der Waals surface area contributed by atoms with Gasteiger partial charge in [0, 0.05) is 42.7 Å². The van der Waals surface area contributed by atoms with Gasteiger partial charge in [0.2, 0.25) is 0 Å². The minimum atomic E-state index is -4.38. The Bertz CT molecular complexity index is 700. The monoisotopic (exact) mass is 403 g/mol. The molecule has 27 heavy (non-hydrogen) atoms. The van der Waals surface area contributed by atoms with Gasteiger partial charge < -0.3 is 15.1 Å². The summed E-state index contributed by atoms with van der Waals surface area (Å²) in [4.78, 5) is 39.2. The largest absolute Gasteiger partial charge is 0.446 e. The Hall–Kier alpha value is -2.23. The van der Waals surface area contributed by atoms with Gasteiger partial charge in [0.1, 0.15) is 0 Å². The smallest absolute Gasteiger partial charge is 0.346 e. The van der Waals surface area contributed by atoms with Gasteiger partial charge in [-0.25, -0.2) is 0 Å². The number of benzene rings is 1. The molecule has 0 aliphatic carbocycles. The number of thioether (sulfide) groups is 1. The van der Waals surface area contributed by atoms with E-state index in [2.05, 4.69) is 5.32 Å². The molecule has 3 amide bonds. The maximum atomic E-state index is 12.5. The van der Waals surface area contributed by atoms with Crippen molar-refractivity contribution in [3.05, 3.63) is 29.8 Å². The van der Waals surface area contributed by atoms with E-state index < -0.39 is 17.3 Å². The van der Waals surface area contributed by atoms with Crippen LogP contribution in [0.3, 0.4) is 0 Å². The van der Waals surface area contributed by atoms with Crippen LogP contribution >= 0.6 is 11.8 Å². The lowest BCUT2D eigenvalue weighted by atomic mass is 10.2. The fraction of sp³-hybridized carbons (Fsp3) is 0.471. The van der Waals surface area contributed by atoms with Crippen molar-refractivity contribution in [2.75, 3.05) is 26.2 Å². The molecule has 1 aliphatic rings. The van der Waals surface area contributed by atoms with E-state index in [0.717, 1.165) is 0 Å². The molecule has 1 N–H and O–H groups in total. The molecule has 1 aromatic carbocycles. The number of amides is 3. The first-order chi connectivity index (χ1) is 12.6. The Morgan fingerprint density at radius 1 is 1.00 bits per heavy atom. The Kier molecular flexibility index (Phi) is 6.74. The number of carbonyl (C=O) groups excluding carboxylic acids is 3. The maximum Gasteiger partial charge on any atom is 0.446 e. The molecule has 0 saturated carbocycles. The van der Waals surface area contributed by atoms with Gasteiger partial charge in [0.25, 0.3) is 5.91 Å². The molecule has 0 aromatic heterocycles. The molecule has 10 heteroatoms. The van der Waals surface area contributed by atoms with Gasteiger partial charge in [0.15, 0.2) is 0 Å². The standard InChI is InChI=1S/C17H20F3N3O3S/c1-11(2)21-14(24)16(26)23-9-7-22(8-10-23)15(25)12-3-5-13(6-4-12)27-17(18,19)20/h3-6,11H,7-10H2,1-2H3,(H,21,24). The molecule has 1 aliphatic heterocycles. The Labute approximate surface area is 159 Å². The predicted octanol–water partition coefficient (Wildman–Crippen LogP) is 2.11. The van der Waals surface area contributed by atoms with Crippen molar-refractivity contribution in [1.82, 2.24) is 15.1 Å². The number of hydrogen-bond acceptors (Lipinski definition) is 4. The molecule has 0 unspecified atom stereocenters. The van der Waals surface area contributed by atoms with Crippen molar-refractivity contribution in [3.8, 4) is 0 Å². The quantitative estimate of drug-likeness (QED) is 0.620. The first-order valence-electron chi connectivity index (χ1n) is 8.31. The number of alkyl halides is 3. The molecule has 0 spiro atoms. The highest BCUT2D eigenvalue weighted by atomic mass is 32.2. The summed E-state index contributed by atoms with van der Waals surface area (Å²) in [6.45, 7) is 4.44. The SMILES string of the molecule is CC(C)NC(=O)C(=O)N1CCN(C(=O)c2ccc(SC(F)(F)F)cc2)CC1. The number of nitrogens with zero attached hydrogens (tertiary/aromatic N) is 2. The van der Waals surface area contributed by atoms with Gasteiger partial charge in [-0.2, -0.15) is 13.2 Å². The lowest BCUT2D eigenvalue weighted by Crippen LogP contribution is -2.54. The molecule has 148 valence electrons. The third-order valence-corrected chi connectivity index (χ3v) is 4.54. The van der Waals surface area contributed by atoms with Crippen molar-refractivity contribution < 1.29 is 27.6 Å². The van der Waals surface area contributed by atoms with Crippen LogP contribution in [0.2, 0.25) is 0 Å². The molecular formula is C17H20F3N3O3S. The van der Waals surface area contributed by atoms with Crippen LogP contribution < -0.4 is 5.32 Å². The van der Waals surface area contributed by atoms with E-state index >= 15 is 0 Å². The number of carbonyl (C=O) groups is 3. The number of halogens is 3. The predicted molar refractivity (Wildman–Crippen MR) is 94.1 cm³/mol. The van der Waals surface area contributed by atoms with Crippen LogP contribution in [0.15, 0.2) is 29.2 Å². The number of nitrogens with one attached hydrogen (secondary N) is 1. The van der Waals surface area contributed by atoms with Gasteiger partial charge in [-0.15, -0.1) is 0 Å². The lowest BCUT2D eigenvalue weighted by molar-refractivity contribution is -0.147. The molecule has 0 bridgehead atoms. The van der Waals surface area contributed by atoms with Gasteiger partial charge in [-0.1, -0.05) is 0 Å². The summed E-state index contributed by atoms with van der Waals surface area (Å²) in [5.41, 5.74) is -4.10. The molecule has 1 heterocycles. The third-order valence-electron chi connectivity index (χ3n) is 3.80. The van der Waals surface area contributed by atoms with Crippen LogP contribution in [0.5, 0.6) is 0 Å². The molecule has 1 saturated heterocycles. The van der Waals surface area contributed by atoms with E-state index in [1.54, 1.807) is 13.8 Å². The molecule has 2 rings (SSSR count). The normalized spacial score (nSPS) is 15.0. The van der Waals surface area contributed by atoms with Crippen molar-refractivity contribution in [2.24, 2.45) is 0 Å². The zero-order chi connectivity index (χ0) is 20.2. The topological polar surface area (TPSA) is 69.7 Å². The summed E-state index contributed by atoms with van der Waals surface area (Å²) in [5, 5.41) is 2.53. The van der Waals surface area contributed by atoms with Crippen molar-refractivity contribution in [2.45, 2.75) is 30.3 Å². The van der Waals surface area contributed by atoms with Crippen molar-refractivity contribution in [3.63, 3.8) is 0 Å². The second-order valence-electron chi connectivity index (χ2n) is 6.28. The third kappa shape index (κ3) is 6.16. The van der Waals surface area contributed by atoms with Crippen LogP contribution in [0.25, 0.3) is 0 Å². The fourth-order valence-corrected chi connectivity index (χ4v) is 3.10. The van der Waals surface area contributed by atoms with Gasteiger partial charge in [0.05, 0.1) is 0 Å². The van der Waals surface area contributed by atoms with Crippen molar-refractivity contribution in [1.29, 1.82) is 0 Å². The van der Waals surface area contributed by atoms with E-state index in [1.807, 2.05) is 0 Å². The molecule has 0 radical (unpaired) electrons. The van der Waals surface area contributed by atoms with Crippen molar-refractivity contribution >= 4 is 29.5 Å². The van der Waals surface area contributed by atoms with E-state index in [0.29, 0.717) is 0 Å². The zero-order valence-corrected chi connectivity index (χ0v) is 15.7. The number of rotatable bonds is 3. The van der Waals surface area contributed by atoms with E-state index in [-0.39, 0.29) is 60.3 Å².